The summed E-state index contributed by atoms with van der Waals surface area (Å²) >= 11 is 3.46. The summed E-state index contributed by atoms with van der Waals surface area (Å²) in [7, 11) is 0. The number of hydrogen-bond donors (Lipinski definition) is 2. The highest BCUT2D eigenvalue weighted by Gasteiger charge is 2.27. The number of nitrogens with one attached hydrogen (secondary N) is 1. The molecule has 0 bridgehead atoms. The lowest BCUT2D eigenvalue weighted by molar-refractivity contribution is 0.0644. The van der Waals surface area contributed by atoms with Gasteiger partial charge in [-0.3, -0.25) is 9.89 Å². The zero-order valence-corrected chi connectivity index (χ0v) is 12.9. The Bertz CT molecular complexity index is 451. The number of nitrogens with zero attached hydrogens (tertiary/aromatic N) is 2. The normalized spacial score (nSPS) is 17.2. The summed E-state index contributed by atoms with van der Waals surface area (Å²) in [5, 5.41) is 16.2. The lowest BCUT2D eigenvalue weighted by Crippen LogP contribution is -2.39. The van der Waals surface area contributed by atoms with E-state index in [0.29, 0.717) is 30.6 Å². The molecular weight excluding hydrogens is 310 g/mol. The van der Waals surface area contributed by atoms with Crippen LogP contribution in [0.4, 0.5) is 0 Å². The quantitative estimate of drug-likeness (QED) is 0.892. The average Bonchev–Trinajstić information content (AvgIpc) is 2.80. The molecule has 1 aromatic rings. The summed E-state index contributed by atoms with van der Waals surface area (Å²) < 4.78 is 0.775. The number of rotatable bonds is 3. The van der Waals surface area contributed by atoms with Crippen LogP contribution in [0.25, 0.3) is 0 Å². The van der Waals surface area contributed by atoms with Crippen LogP contribution in [0.5, 0.6) is 0 Å². The minimum absolute atomic E-state index is 0.0357. The van der Waals surface area contributed by atoms with Gasteiger partial charge in [0, 0.05) is 19.7 Å². The Morgan fingerprint density at radius 2 is 2.16 bits per heavy atom. The summed E-state index contributed by atoms with van der Waals surface area (Å²) in [5.74, 6) is 0.591. The molecule has 1 aliphatic heterocycles. The average molecular weight is 330 g/mol. The van der Waals surface area contributed by atoms with Gasteiger partial charge < -0.3 is 10.0 Å². The third-order valence-corrected chi connectivity index (χ3v) is 4.48. The van der Waals surface area contributed by atoms with Crippen molar-refractivity contribution in [2.45, 2.75) is 32.6 Å². The molecule has 0 radical (unpaired) electrons. The standard InChI is InChI=1S/C13H20BrN3O2/c1-8(2)11-10(14)12(16-15-11)13(19)17-5-3-9(7-18)4-6-17/h8-9,18H,3-7H2,1-2H3,(H,15,16). The van der Waals surface area contributed by atoms with E-state index in [2.05, 4.69) is 40.0 Å². The number of aliphatic hydroxyl groups is 1. The molecule has 1 fully saturated rings. The molecule has 0 aliphatic carbocycles. The predicted octanol–water partition coefficient (Wildman–Crippen LogP) is 2.14. The van der Waals surface area contributed by atoms with Gasteiger partial charge in [-0.1, -0.05) is 13.8 Å². The van der Waals surface area contributed by atoms with E-state index in [1.165, 1.54) is 0 Å². The van der Waals surface area contributed by atoms with Crippen LogP contribution in [0.1, 0.15) is 48.8 Å². The van der Waals surface area contributed by atoms with E-state index in [0.717, 1.165) is 23.0 Å². The van der Waals surface area contributed by atoms with Crippen molar-refractivity contribution >= 4 is 21.8 Å². The van der Waals surface area contributed by atoms with Crippen molar-refractivity contribution in [3.63, 3.8) is 0 Å². The lowest BCUT2D eigenvalue weighted by atomic mass is 9.98. The molecule has 0 aromatic carbocycles. The molecule has 19 heavy (non-hydrogen) atoms. The maximum Gasteiger partial charge on any atom is 0.275 e. The van der Waals surface area contributed by atoms with Gasteiger partial charge in [-0.05, 0) is 40.6 Å². The number of likely N-dealkylation sites (tertiary alicyclic amines) is 1. The Balaban J connectivity index is 2.08. The van der Waals surface area contributed by atoms with Crippen LogP contribution >= 0.6 is 15.9 Å². The van der Waals surface area contributed by atoms with Crippen LogP contribution in [0.2, 0.25) is 0 Å². The van der Waals surface area contributed by atoms with E-state index < -0.39 is 0 Å². The lowest BCUT2D eigenvalue weighted by Gasteiger charge is -2.30. The SMILES string of the molecule is CC(C)c1[nH]nc(C(=O)N2CCC(CO)CC2)c1Br. The first-order chi connectivity index (χ1) is 9.04. The zero-order valence-electron chi connectivity index (χ0n) is 11.3. The second kappa shape index (κ2) is 6.05. The highest BCUT2D eigenvalue weighted by Crippen LogP contribution is 2.27. The van der Waals surface area contributed by atoms with Gasteiger partial charge in [-0.2, -0.15) is 5.10 Å². The van der Waals surface area contributed by atoms with Crippen molar-refractivity contribution in [1.82, 2.24) is 15.1 Å². The van der Waals surface area contributed by atoms with E-state index >= 15 is 0 Å². The molecule has 1 aromatic heterocycles. The Morgan fingerprint density at radius 1 is 1.53 bits per heavy atom. The number of aromatic amines is 1. The number of carbonyl (C=O) groups is 1. The summed E-state index contributed by atoms with van der Waals surface area (Å²) in [6, 6.07) is 0. The summed E-state index contributed by atoms with van der Waals surface area (Å²) in [6.07, 6.45) is 1.72. The van der Waals surface area contributed by atoms with Gasteiger partial charge in [0.15, 0.2) is 5.69 Å². The highest BCUT2D eigenvalue weighted by molar-refractivity contribution is 9.10. The number of halogens is 1. The predicted molar refractivity (Wildman–Crippen MR) is 76.1 cm³/mol. The van der Waals surface area contributed by atoms with Gasteiger partial charge in [0.05, 0.1) is 10.2 Å². The Morgan fingerprint density at radius 3 is 2.63 bits per heavy atom. The zero-order chi connectivity index (χ0) is 14.0. The number of hydrogen-bond acceptors (Lipinski definition) is 3. The monoisotopic (exact) mass is 329 g/mol. The molecule has 1 aliphatic rings. The summed E-state index contributed by atoms with van der Waals surface area (Å²) in [4.78, 5) is 14.2. The largest absolute Gasteiger partial charge is 0.396 e. The Labute approximate surface area is 121 Å². The van der Waals surface area contributed by atoms with Gasteiger partial charge in [0.2, 0.25) is 0 Å². The topological polar surface area (TPSA) is 69.2 Å². The van der Waals surface area contributed by atoms with Crippen LogP contribution < -0.4 is 0 Å². The van der Waals surface area contributed by atoms with E-state index in [9.17, 15) is 4.79 Å². The Hall–Kier alpha value is -0.880. The molecule has 2 N–H and O–H groups in total. The van der Waals surface area contributed by atoms with E-state index in [1.54, 1.807) is 0 Å². The molecular formula is C13H20BrN3O2. The number of aliphatic hydroxyl groups excluding tert-OH is 1. The van der Waals surface area contributed by atoms with Gasteiger partial charge in [-0.15, -0.1) is 0 Å². The molecule has 0 unspecified atom stereocenters. The van der Waals surface area contributed by atoms with Crippen LogP contribution in [-0.2, 0) is 0 Å². The van der Waals surface area contributed by atoms with Gasteiger partial charge in [-0.25, -0.2) is 0 Å². The van der Waals surface area contributed by atoms with Gasteiger partial charge >= 0.3 is 0 Å². The van der Waals surface area contributed by atoms with Gasteiger partial charge in [0.25, 0.3) is 5.91 Å². The van der Waals surface area contributed by atoms with Crippen LogP contribution in [0, 0.1) is 5.92 Å². The van der Waals surface area contributed by atoms with Crippen molar-refractivity contribution in [2.75, 3.05) is 19.7 Å². The van der Waals surface area contributed by atoms with Crippen molar-refractivity contribution in [3.8, 4) is 0 Å². The fraction of sp³-hybridized carbons (Fsp3) is 0.692. The van der Waals surface area contributed by atoms with Crippen LogP contribution in [-0.4, -0.2) is 45.8 Å². The number of H-pyrrole nitrogens is 1. The summed E-state index contributed by atoms with van der Waals surface area (Å²) in [6.45, 7) is 5.71. The minimum atomic E-state index is -0.0357. The van der Waals surface area contributed by atoms with E-state index in [1.807, 2.05) is 4.90 Å². The molecule has 2 rings (SSSR count). The third-order valence-electron chi connectivity index (χ3n) is 3.67. The molecule has 0 atom stereocenters. The number of carbonyl (C=O) groups excluding carboxylic acids is 1. The molecule has 6 heteroatoms. The van der Waals surface area contributed by atoms with Crippen molar-refractivity contribution < 1.29 is 9.90 Å². The Kier molecular flexibility index (Phi) is 4.62. The van der Waals surface area contributed by atoms with E-state index in [4.69, 9.17) is 5.11 Å². The maximum atomic E-state index is 12.4. The van der Waals surface area contributed by atoms with E-state index in [-0.39, 0.29) is 12.5 Å². The molecule has 2 heterocycles. The van der Waals surface area contributed by atoms with Crippen molar-refractivity contribution in [3.05, 3.63) is 15.9 Å². The first kappa shape index (κ1) is 14.5. The van der Waals surface area contributed by atoms with Gasteiger partial charge in [0.1, 0.15) is 0 Å². The van der Waals surface area contributed by atoms with Crippen molar-refractivity contribution in [1.29, 1.82) is 0 Å². The fourth-order valence-corrected chi connectivity index (χ4v) is 3.14. The molecule has 1 saturated heterocycles. The number of amides is 1. The van der Waals surface area contributed by atoms with Crippen molar-refractivity contribution in [2.24, 2.45) is 5.92 Å². The molecule has 5 nitrogen and oxygen atoms in total. The summed E-state index contributed by atoms with van der Waals surface area (Å²) in [5.41, 5.74) is 1.42. The second-order valence-electron chi connectivity index (χ2n) is 5.37. The highest BCUT2D eigenvalue weighted by atomic mass is 79.9. The fourth-order valence-electron chi connectivity index (χ4n) is 2.33. The second-order valence-corrected chi connectivity index (χ2v) is 6.17. The third kappa shape index (κ3) is 3.00. The molecule has 0 saturated carbocycles. The number of aromatic nitrogens is 2. The minimum Gasteiger partial charge on any atom is -0.396 e. The first-order valence-electron chi connectivity index (χ1n) is 6.68. The maximum absolute atomic E-state index is 12.4. The molecule has 106 valence electrons. The smallest absolute Gasteiger partial charge is 0.275 e. The van der Waals surface area contributed by atoms with Crippen LogP contribution in [0.3, 0.4) is 0 Å². The molecule has 0 spiro atoms. The first-order valence-corrected chi connectivity index (χ1v) is 7.47. The molecule has 1 amide bonds. The number of piperidine rings is 1. The van der Waals surface area contributed by atoms with Crippen LogP contribution in [0.15, 0.2) is 4.47 Å².